The van der Waals surface area contributed by atoms with Crippen molar-refractivity contribution in [2.45, 2.75) is 25.3 Å². The lowest BCUT2D eigenvalue weighted by molar-refractivity contribution is -0.394. The lowest BCUT2D eigenvalue weighted by atomic mass is 10.1. The Morgan fingerprint density at radius 2 is 1.62 bits per heavy atom. The number of non-ortho nitro benzene ring substituents is 2. The minimum absolute atomic E-state index is 0.00217. The van der Waals surface area contributed by atoms with Gasteiger partial charge in [-0.05, 0) is 25.8 Å². The monoisotopic (exact) mass is 334 g/mol. The number of nitrogens with zero attached hydrogens (tertiary/aromatic N) is 4. The zero-order valence-electron chi connectivity index (χ0n) is 13.1. The van der Waals surface area contributed by atoms with Gasteiger partial charge in [0, 0.05) is 37.8 Å². The second-order valence-corrected chi connectivity index (χ2v) is 6.19. The number of amides is 1. The van der Waals surface area contributed by atoms with Crippen molar-refractivity contribution in [3.8, 4) is 0 Å². The van der Waals surface area contributed by atoms with Crippen LogP contribution in [0, 0.1) is 20.2 Å². The molecule has 2 saturated heterocycles. The molecule has 1 aromatic carbocycles. The van der Waals surface area contributed by atoms with Crippen LogP contribution < -0.4 is 0 Å². The molecule has 1 amide bonds. The van der Waals surface area contributed by atoms with E-state index in [1.54, 1.807) is 4.90 Å². The van der Waals surface area contributed by atoms with E-state index in [1.165, 1.54) is 0 Å². The standard InChI is InChI=1S/C15H18N4O5/c20-15(17-6-2-5-16-4-1-3-12(16)10-17)11-7-13(18(21)22)9-14(8-11)19(23)24/h7-9,12H,1-6,10H2. The number of hydrogen-bond acceptors (Lipinski definition) is 6. The first-order valence-electron chi connectivity index (χ1n) is 7.93. The van der Waals surface area contributed by atoms with Crippen LogP contribution in [0.25, 0.3) is 0 Å². The number of carbonyl (C=O) groups is 1. The Kier molecular flexibility index (Phi) is 4.43. The molecule has 24 heavy (non-hydrogen) atoms. The van der Waals surface area contributed by atoms with Crippen LogP contribution in [0.15, 0.2) is 18.2 Å². The van der Waals surface area contributed by atoms with E-state index in [-0.39, 0.29) is 11.5 Å². The Bertz CT molecular complexity index is 660. The number of hydrogen-bond donors (Lipinski definition) is 0. The number of fused-ring (bicyclic) bond motifs is 1. The summed E-state index contributed by atoms with van der Waals surface area (Å²) in [6.45, 7) is 3.09. The van der Waals surface area contributed by atoms with Crippen LogP contribution in [0.5, 0.6) is 0 Å². The highest BCUT2D eigenvalue weighted by molar-refractivity contribution is 5.95. The summed E-state index contributed by atoms with van der Waals surface area (Å²) in [4.78, 5) is 37.3. The van der Waals surface area contributed by atoms with Gasteiger partial charge in [0.05, 0.1) is 21.5 Å². The SMILES string of the molecule is O=C(c1cc([N+](=O)[O-])cc([N+](=O)[O-])c1)N1CCCN2CCCC2C1. The summed E-state index contributed by atoms with van der Waals surface area (Å²) in [5.74, 6) is -0.379. The molecule has 3 rings (SSSR count). The summed E-state index contributed by atoms with van der Waals surface area (Å²) in [5, 5.41) is 22.0. The maximum absolute atomic E-state index is 12.8. The number of benzene rings is 1. The second kappa shape index (κ2) is 6.52. The highest BCUT2D eigenvalue weighted by Crippen LogP contribution is 2.26. The molecule has 0 bridgehead atoms. The molecular formula is C15H18N4O5. The Morgan fingerprint density at radius 3 is 2.25 bits per heavy atom. The summed E-state index contributed by atoms with van der Waals surface area (Å²) in [5.41, 5.74) is -0.878. The van der Waals surface area contributed by atoms with Gasteiger partial charge in [-0.15, -0.1) is 0 Å². The van der Waals surface area contributed by atoms with Crippen molar-refractivity contribution in [2.24, 2.45) is 0 Å². The highest BCUT2D eigenvalue weighted by Gasteiger charge is 2.31. The minimum Gasteiger partial charge on any atom is -0.337 e. The average Bonchev–Trinajstić information content (AvgIpc) is 2.90. The molecule has 1 aromatic rings. The zero-order chi connectivity index (χ0) is 17.3. The molecule has 2 aliphatic heterocycles. The van der Waals surface area contributed by atoms with E-state index in [1.807, 2.05) is 0 Å². The van der Waals surface area contributed by atoms with Crippen molar-refractivity contribution in [1.29, 1.82) is 0 Å². The molecule has 0 aliphatic carbocycles. The largest absolute Gasteiger partial charge is 0.337 e. The van der Waals surface area contributed by atoms with Crippen molar-refractivity contribution in [2.75, 3.05) is 26.2 Å². The average molecular weight is 334 g/mol. The minimum atomic E-state index is -0.717. The first-order chi connectivity index (χ1) is 11.5. The molecule has 9 nitrogen and oxygen atoms in total. The van der Waals surface area contributed by atoms with Gasteiger partial charge in [0.2, 0.25) is 0 Å². The van der Waals surface area contributed by atoms with Gasteiger partial charge < -0.3 is 4.90 Å². The lowest BCUT2D eigenvalue weighted by Gasteiger charge is -2.25. The third kappa shape index (κ3) is 3.21. The Hall–Kier alpha value is -2.55. The summed E-state index contributed by atoms with van der Waals surface area (Å²) in [6, 6.07) is 3.42. The second-order valence-electron chi connectivity index (χ2n) is 6.19. The fourth-order valence-electron chi connectivity index (χ4n) is 3.50. The van der Waals surface area contributed by atoms with Crippen LogP contribution in [0.1, 0.15) is 29.6 Å². The molecule has 2 heterocycles. The molecule has 0 radical (unpaired) electrons. The molecule has 0 saturated carbocycles. The summed E-state index contributed by atoms with van der Waals surface area (Å²) < 4.78 is 0. The van der Waals surface area contributed by atoms with Crippen LogP contribution in [-0.4, -0.2) is 57.8 Å². The quantitative estimate of drug-likeness (QED) is 0.616. The maximum atomic E-state index is 12.8. The van der Waals surface area contributed by atoms with Crippen LogP contribution in [-0.2, 0) is 0 Å². The molecule has 0 spiro atoms. The molecule has 9 heteroatoms. The van der Waals surface area contributed by atoms with E-state index in [0.717, 1.165) is 50.6 Å². The Balaban J connectivity index is 1.88. The van der Waals surface area contributed by atoms with Crippen molar-refractivity contribution < 1.29 is 14.6 Å². The summed E-state index contributed by atoms with van der Waals surface area (Å²) in [6.07, 6.45) is 2.97. The van der Waals surface area contributed by atoms with E-state index in [0.29, 0.717) is 19.1 Å². The van der Waals surface area contributed by atoms with Crippen molar-refractivity contribution in [3.63, 3.8) is 0 Å². The van der Waals surface area contributed by atoms with Gasteiger partial charge in [-0.1, -0.05) is 0 Å². The van der Waals surface area contributed by atoms with E-state index < -0.39 is 21.2 Å². The normalized spacial score (nSPS) is 21.2. The first kappa shape index (κ1) is 16.3. The highest BCUT2D eigenvalue weighted by atomic mass is 16.6. The summed E-state index contributed by atoms with van der Waals surface area (Å²) in [7, 11) is 0. The van der Waals surface area contributed by atoms with Gasteiger partial charge in [-0.25, -0.2) is 0 Å². The van der Waals surface area contributed by atoms with E-state index in [4.69, 9.17) is 0 Å². The van der Waals surface area contributed by atoms with E-state index in [2.05, 4.69) is 4.90 Å². The number of carbonyl (C=O) groups excluding carboxylic acids is 1. The van der Waals surface area contributed by atoms with Gasteiger partial charge in [0.15, 0.2) is 0 Å². The molecule has 2 aliphatic rings. The zero-order valence-corrected chi connectivity index (χ0v) is 13.1. The van der Waals surface area contributed by atoms with Gasteiger partial charge >= 0.3 is 0 Å². The van der Waals surface area contributed by atoms with Gasteiger partial charge in [0.25, 0.3) is 17.3 Å². The van der Waals surface area contributed by atoms with E-state index in [9.17, 15) is 25.0 Å². The predicted molar refractivity (Wildman–Crippen MR) is 84.9 cm³/mol. The van der Waals surface area contributed by atoms with Gasteiger partial charge in [0.1, 0.15) is 0 Å². The Morgan fingerprint density at radius 1 is 1.00 bits per heavy atom. The van der Waals surface area contributed by atoms with Crippen LogP contribution in [0.3, 0.4) is 0 Å². The van der Waals surface area contributed by atoms with Crippen molar-refractivity contribution in [3.05, 3.63) is 44.0 Å². The fraction of sp³-hybridized carbons (Fsp3) is 0.533. The first-order valence-corrected chi connectivity index (χ1v) is 7.93. The van der Waals surface area contributed by atoms with Crippen molar-refractivity contribution in [1.82, 2.24) is 9.80 Å². The molecule has 128 valence electrons. The van der Waals surface area contributed by atoms with Crippen LogP contribution >= 0.6 is 0 Å². The maximum Gasteiger partial charge on any atom is 0.277 e. The molecule has 0 aromatic heterocycles. The molecule has 2 fully saturated rings. The molecule has 0 N–H and O–H groups in total. The molecule has 1 atom stereocenters. The van der Waals surface area contributed by atoms with Crippen LogP contribution in [0.4, 0.5) is 11.4 Å². The third-order valence-electron chi connectivity index (χ3n) is 4.66. The molecular weight excluding hydrogens is 316 g/mol. The Labute approximate surface area is 138 Å². The summed E-state index contributed by atoms with van der Waals surface area (Å²) >= 11 is 0. The predicted octanol–water partition coefficient (Wildman–Crippen LogP) is 1.81. The van der Waals surface area contributed by atoms with Crippen molar-refractivity contribution >= 4 is 17.3 Å². The van der Waals surface area contributed by atoms with Gasteiger partial charge in [-0.2, -0.15) is 0 Å². The number of rotatable bonds is 3. The topological polar surface area (TPSA) is 110 Å². The van der Waals surface area contributed by atoms with E-state index >= 15 is 0 Å². The molecule has 1 unspecified atom stereocenters. The van der Waals surface area contributed by atoms with Gasteiger partial charge in [-0.3, -0.25) is 29.9 Å². The lowest BCUT2D eigenvalue weighted by Crippen LogP contribution is -2.39. The third-order valence-corrected chi connectivity index (χ3v) is 4.66. The van der Waals surface area contributed by atoms with Crippen LogP contribution in [0.2, 0.25) is 0 Å². The number of nitro groups is 2. The fourth-order valence-corrected chi connectivity index (χ4v) is 3.50. The smallest absolute Gasteiger partial charge is 0.277 e. The number of nitro benzene ring substituents is 2.